The summed E-state index contributed by atoms with van der Waals surface area (Å²) in [6.07, 6.45) is 0. The van der Waals surface area contributed by atoms with E-state index in [0.717, 1.165) is 0 Å². The average molecular weight is 398 g/mol. The van der Waals surface area contributed by atoms with Gasteiger partial charge in [0.05, 0.1) is 10.9 Å². The number of benzene rings is 2. The summed E-state index contributed by atoms with van der Waals surface area (Å²) in [5.41, 5.74) is 1.38. The quantitative estimate of drug-likeness (QED) is 0.556. The van der Waals surface area contributed by atoms with Crippen molar-refractivity contribution < 1.29 is 9.13 Å². The number of halogens is 5. The highest BCUT2D eigenvalue weighted by atomic mass is 79.9. The lowest BCUT2D eigenvalue weighted by atomic mass is 10.2. The van der Waals surface area contributed by atoms with Crippen LogP contribution in [0, 0.1) is 5.82 Å². The Morgan fingerprint density at radius 2 is 1.85 bits per heavy atom. The minimum absolute atomic E-state index is 0.182. The van der Waals surface area contributed by atoms with Gasteiger partial charge in [0.1, 0.15) is 18.2 Å². The van der Waals surface area contributed by atoms with E-state index in [1.165, 1.54) is 12.1 Å². The second kappa shape index (κ2) is 6.99. The molecule has 0 aliphatic carbocycles. The molecule has 0 saturated carbocycles. The molecule has 0 atom stereocenters. The highest BCUT2D eigenvalue weighted by molar-refractivity contribution is 9.10. The Hall–Kier alpha value is -0.480. The Kier molecular flexibility index (Phi) is 5.56. The Morgan fingerprint density at radius 3 is 2.50 bits per heavy atom. The first kappa shape index (κ1) is 15.9. The zero-order valence-electron chi connectivity index (χ0n) is 10.1. The van der Waals surface area contributed by atoms with Crippen molar-refractivity contribution in [3.63, 3.8) is 0 Å². The zero-order chi connectivity index (χ0) is 14.7. The van der Waals surface area contributed by atoms with Gasteiger partial charge in [-0.1, -0.05) is 39.1 Å². The van der Waals surface area contributed by atoms with E-state index in [1.807, 2.05) is 0 Å². The molecule has 20 heavy (non-hydrogen) atoms. The van der Waals surface area contributed by atoms with E-state index in [9.17, 15) is 4.39 Å². The molecule has 0 aliphatic rings. The molecule has 0 unspecified atom stereocenters. The first-order valence-electron chi connectivity index (χ1n) is 5.61. The summed E-state index contributed by atoms with van der Waals surface area (Å²) < 4.78 is 19.6. The summed E-state index contributed by atoms with van der Waals surface area (Å²) in [4.78, 5) is 0. The molecule has 106 valence electrons. The minimum atomic E-state index is -0.335. The fourth-order valence-corrected chi connectivity index (χ4v) is 3.03. The third-order valence-electron chi connectivity index (χ3n) is 2.53. The zero-order valence-corrected chi connectivity index (χ0v) is 14.0. The summed E-state index contributed by atoms with van der Waals surface area (Å²) in [6.45, 7) is 0.182. The summed E-state index contributed by atoms with van der Waals surface area (Å²) in [6, 6.07) is 7.82. The lowest BCUT2D eigenvalue weighted by molar-refractivity contribution is 0.303. The molecular formula is C14H9BrCl3FO. The van der Waals surface area contributed by atoms with Gasteiger partial charge >= 0.3 is 0 Å². The van der Waals surface area contributed by atoms with Crippen molar-refractivity contribution in [2.24, 2.45) is 0 Å². The van der Waals surface area contributed by atoms with Crippen LogP contribution in [0.4, 0.5) is 4.39 Å². The minimum Gasteiger partial charge on any atom is -0.487 e. The topological polar surface area (TPSA) is 9.23 Å². The highest BCUT2D eigenvalue weighted by Crippen LogP contribution is 2.34. The highest BCUT2D eigenvalue weighted by Gasteiger charge is 2.11. The molecule has 1 nitrogen and oxygen atoms in total. The number of alkyl halides is 1. The van der Waals surface area contributed by atoms with Gasteiger partial charge in [0.25, 0.3) is 0 Å². The maximum absolute atomic E-state index is 13.3. The van der Waals surface area contributed by atoms with Crippen molar-refractivity contribution in [1.29, 1.82) is 0 Å². The van der Waals surface area contributed by atoms with Gasteiger partial charge < -0.3 is 4.74 Å². The number of rotatable bonds is 4. The van der Waals surface area contributed by atoms with Crippen LogP contribution in [0.3, 0.4) is 0 Å². The Morgan fingerprint density at radius 1 is 1.10 bits per heavy atom. The summed E-state index contributed by atoms with van der Waals surface area (Å²) in [5.74, 6) is 0.354. The van der Waals surface area contributed by atoms with Crippen molar-refractivity contribution in [2.75, 3.05) is 0 Å². The lowest BCUT2D eigenvalue weighted by Crippen LogP contribution is -1.99. The number of hydrogen-bond donors (Lipinski definition) is 0. The fourth-order valence-electron chi connectivity index (χ4n) is 1.72. The molecule has 2 aromatic carbocycles. The van der Waals surface area contributed by atoms with Crippen LogP contribution in [0.15, 0.2) is 34.8 Å². The second-order valence-electron chi connectivity index (χ2n) is 4.08. The van der Waals surface area contributed by atoms with Crippen LogP contribution < -0.4 is 4.74 Å². The van der Waals surface area contributed by atoms with Gasteiger partial charge in [0.15, 0.2) is 0 Å². The standard InChI is InChI=1S/C14H9BrCl3FO/c15-10-1-8(2-12(19)4-10)7-20-14-9(6-16)3-11(17)5-13(14)18/h1-5H,6-7H2. The molecule has 0 aliphatic heterocycles. The predicted molar refractivity (Wildman–Crippen MR) is 84.5 cm³/mol. The van der Waals surface area contributed by atoms with Crippen LogP contribution in [0.5, 0.6) is 5.75 Å². The Labute approximate surface area is 139 Å². The van der Waals surface area contributed by atoms with Crippen LogP contribution in [-0.4, -0.2) is 0 Å². The molecule has 0 heterocycles. The van der Waals surface area contributed by atoms with Gasteiger partial charge in [-0.15, -0.1) is 11.6 Å². The molecular weight excluding hydrogens is 389 g/mol. The van der Waals surface area contributed by atoms with Crippen LogP contribution in [0.25, 0.3) is 0 Å². The Bertz CT molecular complexity index is 614. The summed E-state index contributed by atoms with van der Waals surface area (Å²) in [7, 11) is 0. The van der Waals surface area contributed by atoms with Crippen molar-refractivity contribution >= 4 is 50.7 Å². The van der Waals surface area contributed by atoms with E-state index in [2.05, 4.69) is 15.9 Å². The molecule has 0 N–H and O–H groups in total. The Balaban J connectivity index is 2.22. The third kappa shape index (κ3) is 4.01. The van der Waals surface area contributed by atoms with Gasteiger partial charge in [-0.2, -0.15) is 0 Å². The number of hydrogen-bond acceptors (Lipinski definition) is 1. The molecule has 0 bridgehead atoms. The van der Waals surface area contributed by atoms with Gasteiger partial charge in [-0.05, 0) is 35.9 Å². The molecule has 0 saturated heterocycles. The molecule has 2 rings (SSSR count). The van der Waals surface area contributed by atoms with E-state index in [4.69, 9.17) is 39.5 Å². The monoisotopic (exact) mass is 396 g/mol. The van der Waals surface area contributed by atoms with E-state index in [1.54, 1.807) is 18.2 Å². The van der Waals surface area contributed by atoms with Crippen molar-refractivity contribution in [3.8, 4) is 5.75 Å². The van der Waals surface area contributed by atoms with Crippen molar-refractivity contribution in [1.82, 2.24) is 0 Å². The maximum atomic E-state index is 13.3. The summed E-state index contributed by atoms with van der Waals surface area (Å²) in [5, 5.41) is 0.870. The third-order valence-corrected chi connectivity index (χ3v) is 3.78. The maximum Gasteiger partial charge on any atom is 0.142 e. The van der Waals surface area contributed by atoms with Crippen LogP contribution in [0.1, 0.15) is 11.1 Å². The van der Waals surface area contributed by atoms with Crippen LogP contribution >= 0.6 is 50.7 Å². The SMILES string of the molecule is Fc1cc(Br)cc(COc2c(Cl)cc(Cl)cc2CCl)c1. The van der Waals surface area contributed by atoms with E-state index < -0.39 is 0 Å². The van der Waals surface area contributed by atoms with Crippen molar-refractivity contribution in [3.05, 3.63) is 61.8 Å². The predicted octanol–water partition coefficient (Wildman–Crippen LogP) is 6.21. The van der Waals surface area contributed by atoms with Crippen LogP contribution in [-0.2, 0) is 12.5 Å². The molecule has 0 radical (unpaired) electrons. The first-order valence-corrected chi connectivity index (χ1v) is 7.69. The fraction of sp³-hybridized carbons (Fsp3) is 0.143. The lowest BCUT2D eigenvalue weighted by Gasteiger charge is -2.12. The second-order valence-corrected chi connectivity index (χ2v) is 6.10. The van der Waals surface area contributed by atoms with Gasteiger partial charge in [0.2, 0.25) is 0 Å². The molecule has 0 fully saturated rings. The smallest absolute Gasteiger partial charge is 0.142 e. The van der Waals surface area contributed by atoms with E-state index >= 15 is 0 Å². The van der Waals surface area contributed by atoms with E-state index in [0.29, 0.717) is 31.4 Å². The summed E-state index contributed by atoms with van der Waals surface area (Å²) >= 11 is 21.1. The first-order chi connectivity index (χ1) is 9.49. The van der Waals surface area contributed by atoms with Gasteiger partial charge in [-0.25, -0.2) is 4.39 Å². The van der Waals surface area contributed by atoms with Crippen molar-refractivity contribution in [2.45, 2.75) is 12.5 Å². The van der Waals surface area contributed by atoms with E-state index in [-0.39, 0.29) is 18.3 Å². The molecule has 0 aromatic heterocycles. The molecule has 0 spiro atoms. The average Bonchev–Trinajstić information content (AvgIpc) is 2.35. The number of ether oxygens (including phenoxy) is 1. The molecule has 2 aromatic rings. The molecule has 0 amide bonds. The normalized spacial score (nSPS) is 10.7. The molecule has 6 heteroatoms. The van der Waals surface area contributed by atoms with Gasteiger partial charge in [0, 0.05) is 15.1 Å². The van der Waals surface area contributed by atoms with Crippen LogP contribution in [0.2, 0.25) is 10.0 Å². The largest absolute Gasteiger partial charge is 0.487 e. The van der Waals surface area contributed by atoms with Gasteiger partial charge in [-0.3, -0.25) is 0 Å².